The fourth-order valence-corrected chi connectivity index (χ4v) is 3.58. The highest BCUT2D eigenvalue weighted by atomic mass is 35.5. The molecule has 5 nitrogen and oxygen atoms in total. The van der Waals surface area contributed by atoms with E-state index in [0.717, 1.165) is 6.07 Å². The van der Waals surface area contributed by atoms with E-state index < -0.39 is 29.1 Å². The molecule has 2 aromatic carbocycles. The molecule has 0 saturated heterocycles. The SMILES string of the molecule is CNC(=O)NC1(C)CCc2c(C(=O)Nc3ccc(F)c(Cl)c3)ccc(F)c21. The van der Waals surface area contributed by atoms with Gasteiger partial charge in [0.1, 0.15) is 11.6 Å². The van der Waals surface area contributed by atoms with E-state index in [0.29, 0.717) is 35.2 Å². The van der Waals surface area contributed by atoms with Crippen molar-refractivity contribution in [3.05, 3.63) is 63.7 Å². The summed E-state index contributed by atoms with van der Waals surface area (Å²) in [5, 5.41) is 7.73. The Hall–Kier alpha value is -2.67. The molecule has 3 rings (SSSR count). The number of urea groups is 1. The zero-order valence-electron chi connectivity index (χ0n) is 14.8. The minimum absolute atomic E-state index is 0.112. The number of nitrogens with one attached hydrogen (secondary N) is 3. The van der Waals surface area contributed by atoms with Crippen LogP contribution in [0.1, 0.15) is 34.8 Å². The average molecular weight is 394 g/mol. The number of benzene rings is 2. The number of carbonyl (C=O) groups is 2. The molecule has 0 spiro atoms. The molecule has 1 unspecified atom stereocenters. The van der Waals surface area contributed by atoms with E-state index in [1.165, 1.54) is 31.3 Å². The Balaban J connectivity index is 1.94. The molecule has 8 heteroatoms. The Morgan fingerprint density at radius 3 is 2.52 bits per heavy atom. The highest BCUT2D eigenvalue weighted by Gasteiger charge is 2.40. The lowest BCUT2D eigenvalue weighted by atomic mass is 9.92. The second-order valence-electron chi connectivity index (χ2n) is 6.57. The third kappa shape index (κ3) is 3.60. The Bertz CT molecular complexity index is 935. The summed E-state index contributed by atoms with van der Waals surface area (Å²) in [5.41, 5.74) is 0.549. The summed E-state index contributed by atoms with van der Waals surface area (Å²) in [6, 6.07) is 6.02. The molecule has 1 aliphatic carbocycles. The lowest BCUT2D eigenvalue weighted by Gasteiger charge is -2.27. The van der Waals surface area contributed by atoms with Crippen LogP contribution in [0, 0.1) is 11.6 Å². The van der Waals surface area contributed by atoms with Gasteiger partial charge in [-0.25, -0.2) is 13.6 Å². The van der Waals surface area contributed by atoms with Crippen molar-refractivity contribution in [3.63, 3.8) is 0 Å². The summed E-state index contributed by atoms with van der Waals surface area (Å²) in [4.78, 5) is 24.4. The van der Waals surface area contributed by atoms with Crippen LogP contribution in [0.2, 0.25) is 5.02 Å². The number of hydrogen-bond acceptors (Lipinski definition) is 2. The van der Waals surface area contributed by atoms with Crippen molar-refractivity contribution >= 4 is 29.2 Å². The molecule has 3 amide bonds. The Kier molecular flexibility index (Phi) is 5.06. The van der Waals surface area contributed by atoms with E-state index >= 15 is 0 Å². The second kappa shape index (κ2) is 7.15. The molecule has 1 atom stereocenters. The van der Waals surface area contributed by atoms with Crippen LogP contribution in [0.15, 0.2) is 30.3 Å². The van der Waals surface area contributed by atoms with Gasteiger partial charge in [-0.2, -0.15) is 0 Å². The summed E-state index contributed by atoms with van der Waals surface area (Å²) in [6.45, 7) is 1.72. The van der Waals surface area contributed by atoms with Crippen LogP contribution in [0.3, 0.4) is 0 Å². The fourth-order valence-electron chi connectivity index (χ4n) is 3.40. The fraction of sp³-hybridized carbons (Fsp3) is 0.263. The van der Waals surface area contributed by atoms with E-state index in [9.17, 15) is 18.4 Å². The minimum atomic E-state index is -0.922. The van der Waals surface area contributed by atoms with E-state index in [4.69, 9.17) is 11.6 Å². The predicted octanol–water partition coefficient (Wildman–Crippen LogP) is 3.96. The lowest BCUT2D eigenvalue weighted by molar-refractivity contribution is 0.102. The van der Waals surface area contributed by atoms with Crippen molar-refractivity contribution in [1.82, 2.24) is 10.6 Å². The molecular weight excluding hydrogens is 376 g/mol. The highest BCUT2D eigenvalue weighted by Crippen LogP contribution is 2.40. The number of halogens is 3. The molecule has 0 fully saturated rings. The van der Waals surface area contributed by atoms with Gasteiger partial charge in [0.15, 0.2) is 0 Å². The van der Waals surface area contributed by atoms with E-state index in [2.05, 4.69) is 16.0 Å². The van der Waals surface area contributed by atoms with Crippen LogP contribution in [0.25, 0.3) is 0 Å². The van der Waals surface area contributed by atoms with Gasteiger partial charge in [0.25, 0.3) is 5.91 Å². The topological polar surface area (TPSA) is 70.2 Å². The first-order valence-electron chi connectivity index (χ1n) is 8.33. The maximum atomic E-state index is 14.5. The van der Waals surface area contributed by atoms with Crippen LogP contribution >= 0.6 is 11.6 Å². The number of fused-ring (bicyclic) bond motifs is 1. The van der Waals surface area contributed by atoms with Crippen LogP contribution in [0.5, 0.6) is 0 Å². The Morgan fingerprint density at radius 2 is 1.85 bits per heavy atom. The minimum Gasteiger partial charge on any atom is -0.341 e. The van der Waals surface area contributed by atoms with Crippen molar-refractivity contribution < 1.29 is 18.4 Å². The summed E-state index contributed by atoms with van der Waals surface area (Å²) >= 11 is 5.74. The van der Waals surface area contributed by atoms with Crippen molar-refractivity contribution in [2.24, 2.45) is 0 Å². The number of carbonyl (C=O) groups excluding carboxylic acids is 2. The number of hydrogen-bond donors (Lipinski definition) is 3. The van der Waals surface area contributed by atoms with Crippen molar-refractivity contribution in [2.75, 3.05) is 12.4 Å². The Morgan fingerprint density at radius 1 is 1.15 bits per heavy atom. The third-order valence-corrected chi connectivity index (χ3v) is 5.02. The van der Waals surface area contributed by atoms with Gasteiger partial charge in [0, 0.05) is 23.9 Å². The van der Waals surface area contributed by atoms with Crippen LogP contribution in [-0.2, 0) is 12.0 Å². The van der Waals surface area contributed by atoms with Crippen molar-refractivity contribution in [3.8, 4) is 0 Å². The zero-order valence-corrected chi connectivity index (χ0v) is 15.5. The van der Waals surface area contributed by atoms with E-state index in [-0.39, 0.29) is 5.02 Å². The van der Waals surface area contributed by atoms with Gasteiger partial charge in [-0.15, -0.1) is 0 Å². The molecule has 0 saturated carbocycles. The molecule has 1 aliphatic rings. The number of anilines is 1. The quantitative estimate of drug-likeness (QED) is 0.738. The third-order valence-electron chi connectivity index (χ3n) is 4.73. The zero-order chi connectivity index (χ0) is 19.8. The van der Waals surface area contributed by atoms with Crippen LogP contribution in [-0.4, -0.2) is 19.0 Å². The lowest BCUT2D eigenvalue weighted by Crippen LogP contribution is -2.46. The summed E-state index contributed by atoms with van der Waals surface area (Å²) in [6.07, 6.45) is 0.889. The molecule has 0 heterocycles. The molecule has 0 aromatic heterocycles. The van der Waals surface area contributed by atoms with E-state index in [1.54, 1.807) is 6.92 Å². The first-order valence-corrected chi connectivity index (χ1v) is 8.71. The largest absolute Gasteiger partial charge is 0.341 e. The van der Waals surface area contributed by atoms with Gasteiger partial charge in [-0.1, -0.05) is 11.6 Å². The monoisotopic (exact) mass is 393 g/mol. The molecule has 2 aromatic rings. The molecule has 142 valence electrons. The first-order chi connectivity index (χ1) is 12.7. The maximum Gasteiger partial charge on any atom is 0.315 e. The van der Waals surface area contributed by atoms with Gasteiger partial charge in [-0.05, 0) is 55.7 Å². The van der Waals surface area contributed by atoms with Gasteiger partial charge in [0.05, 0.1) is 10.6 Å². The maximum absolute atomic E-state index is 14.5. The number of rotatable bonds is 3. The second-order valence-corrected chi connectivity index (χ2v) is 6.97. The molecule has 0 bridgehead atoms. The normalized spacial score (nSPS) is 18.0. The Labute approximate surface area is 160 Å². The standard InChI is InChI=1S/C19H18ClF2N3O2/c1-19(25-18(27)23-2)8-7-11-12(4-6-15(22)16(11)19)17(26)24-10-3-5-14(21)13(20)9-10/h3-6,9H,7-8H2,1-2H3,(H,24,26)(H2,23,25,27). The van der Waals surface area contributed by atoms with E-state index in [1.807, 2.05) is 0 Å². The van der Waals surface area contributed by atoms with Gasteiger partial charge < -0.3 is 16.0 Å². The summed E-state index contributed by atoms with van der Waals surface area (Å²) < 4.78 is 27.8. The average Bonchev–Trinajstić information content (AvgIpc) is 2.96. The van der Waals surface area contributed by atoms with Crippen molar-refractivity contribution in [2.45, 2.75) is 25.3 Å². The summed E-state index contributed by atoms with van der Waals surface area (Å²) in [7, 11) is 1.47. The molecule has 27 heavy (non-hydrogen) atoms. The van der Waals surface area contributed by atoms with Crippen LogP contribution in [0.4, 0.5) is 19.3 Å². The molecule has 3 N–H and O–H groups in total. The smallest absolute Gasteiger partial charge is 0.315 e. The van der Waals surface area contributed by atoms with Gasteiger partial charge in [-0.3, -0.25) is 4.79 Å². The predicted molar refractivity (Wildman–Crippen MR) is 99.0 cm³/mol. The highest BCUT2D eigenvalue weighted by molar-refractivity contribution is 6.31. The van der Waals surface area contributed by atoms with Crippen molar-refractivity contribution in [1.29, 1.82) is 0 Å². The first kappa shape index (κ1) is 19.1. The summed E-state index contributed by atoms with van der Waals surface area (Å²) in [5.74, 6) is -1.53. The molecule has 0 radical (unpaired) electrons. The van der Waals surface area contributed by atoms with Gasteiger partial charge >= 0.3 is 6.03 Å². The van der Waals surface area contributed by atoms with Gasteiger partial charge in [0.2, 0.25) is 0 Å². The number of amides is 3. The molecular formula is C19H18ClF2N3O2. The van der Waals surface area contributed by atoms with Crippen LogP contribution < -0.4 is 16.0 Å². The molecule has 0 aliphatic heterocycles.